The zero-order valence-electron chi connectivity index (χ0n) is 46.8. The van der Waals surface area contributed by atoms with Crippen LogP contribution in [0.2, 0.25) is 0 Å². The Kier molecular flexibility index (Phi) is 48.0. The summed E-state index contributed by atoms with van der Waals surface area (Å²) in [5.41, 5.74) is 0. The van der Waals surface area contributed by atoms with Crippen LogP contribution in [0.4, 0.5) is 0 Å². The van der Waals surface area contributed by atoms with Crippen molar-refractivity contribution in [2.75, 3.05) is 26.4 Å². The molecule has 76 heavy (non-hydrogen) atoms. The van der Waals surface area contributed by atoms with Crippen molar-refractivity contribution < 1.29 is 56.2 Å². The molecule has 0 amide bonds. The van der Waals surface area contributed by atoms with E-state index in [2.05, 4.69) is 152 Å². The van der Waals surface area contributed by atoms with Crippen molar-refractivity contribution in [3.63, 3.8) is 0 Å². The summed E-state index contributed by atoms with van der Waals surface area (Å²) in [5.74, 6) is -0.430. The smallest absolute Gasteiger partial charge is 0.397 e. The van der Waals surface area contributed by atoms with Crippen molar-refractivity contribution in [1.82, 2.24) is 0 Å². The van der Waals surface area contributed by atoms with E-state index < -0.39 is 59.8 Å². The highest BCUT2D eigenvalue weighted by Gasteiger charge is 2.48. The average molecular weight is 1080 g/mol. The van der Waals surface area contributed by atoms with E-state index in [1.54, 1.807) is 0 Å². The number of carbonyl (C=O) groups excluding carboxylic acids is 1. The first-order valence-corrected chi connectivity index (χ1v) is 30.3. The summed E-state index contributed by atoms with van der Waals surface area (Å²) in [6.07, 6.45) is 67.6. The number of aliphatic hydroxyl groups excluding tert-OH is 3. The number of esters is 1. The predicted molar refractivity (Wildman–Crippen MR) is 312 cm³/mol. The van der Waals surface area contributed by atoms with Crippen molar-refractivity contribution in [2.45, 2.75) is 230 Å². The minimum absolute atomic E-state index is 0.0125. The fourth-order valence-electron chi connectivity index (χ4n) is 8.00. The van der Waals surface area contributed by atoms with Crippen LogP contribution >= 0.6 is 0 Å². The Balaban J connectivity index is 2.34. The molecule has 6 atom stereocenters. The summed E-state index contributed by atoms with van der Waals surface area (Å²) in [7, 11) is -5.08. The Morgan fingerprint density at radius 3 is 1.26 bits per heavy atom. The Morgan fingerprint density at radius 1 is 0.500 bits per heavy atom. The second-order valence-electron chi connectivity index (χ2n) is 19.1. The molecule has 0 aromatic rings. The number of unbranched alkanes of at least 4 members (excludes halogenated alkanes) is 14. The SMILES string of the molecule is CC/C=C\C/C=C\C/C=C\C/C=C\C/C=C\C/C=C\CCCCCCC(=O)OC(COCCCCCCCCCCCC/C=C\C/C=C\C/C=C\C/C=C\C/C=C\CC)COC1OC(CO)C(O)C(OS(=O)(=O)O)C1O. The van der Waals surface area contributed by atoms with Gasteiger partial charge in [-0.1, -0.05) is 212 Å². The van der Waals surface area contributed by atoms with Gasteiger partial charge in [0.05, 0.1) is 19.8 Å². The molecule has 1 fully saturated rings. The highest BCUT2D eigenvalue weighted by Crippen LogP contribution is 2.26. The number of carbonyl (C=O) groups is 1. The minimum Gasteiger partial charge on any atom is -0.457 e. The van der Waals surface area contributed by atoms with Gasteiger partial charge in [-0.15, -0.1) is 0 Å². The van der Waals surface area contributed by atoms with Gasteiger partial charge in [0.2, 0.25) is 0 Å². The molecule has 4 N–H and O–H groups in total. The maximum atomic E-state index is 13.0. The number of ether oxygens (including phenoxy) is 4. The van der Waals surface area contributed by atoms with Crippen LogP contribution in [0.1, 0.15) is 194 Å². The molecule has 1 rings (SSSR count). The largest absolute Gasteiger partial charge is 0.457 e. The molecular formula is C63H102O12S. The van der Waals surface area contributed by atoms with Gasteiger partial charge in [0, 0.05) is 13.0 Å². The molecule has 0 radical (unpaired) electrons. The third-order valence-corrected chi connectivity index (χ3v) is 12.7. The first-order valence-electron chi connectivity index (χ1n) is 28.9. The lowest BCUT2D eigenvalue weighted by Crippen LogP contribution is -2.60. The third-order valence-electron chi connectivity index (χ3n) is 12.3. The van der Waals surface area contributed by atoms with Crippen LogP contribution in [0.3, 0.4) is 0 Å². The van der Waals surface area contributed by atoms with Gasteiger partial charge in [-0.05, 0) is 109 Å². The van der Waals surface area contributed by atoms with E-state index in [-0.39, 0.29) is 19.6 Å². The van der Waals surface area contributed by atoms with Crippen LogP contribution < -0.4 is 0 Å². The zero-order valence-corrected chi connectivity index (χ0v) is 47.6. The first-order chi connectivity index (χ1) is 37.1. The molecule has 0 aromatic carbocycles. The Hall–Kier alpha value is -3.76. The lowest BCUT2D eigenvalue weighted by Gasteiger charge is -2.41. The van der Waals surface area contributed by atoms with E-state index in [1.165, 1.54) is 44.9 Å². The molecule has 0 aliphatic carbocycles. The molecule has 6 unspecified atom stereocenters. The highest BCUT2D eigenvalue weighted by molar-refractivity contribution is 7.80. The molecule has 0 saturated carbocycles. The summed E-state index contributed by atoms with van der Waals surface area (Å²) in [6.45, 7) is 3.71. The second kappa shape index (κ2) is 52.0. The van der Waals surface area contributed by atoms with Crippen LogP contribution in [-0.4, -0.2) is 97.5 Å². The van der Waals surface area contributed by atoms with Crippen molar-refractivity contribution in [1.29, 1.82) is 0 Å². The van der Waals surface area contributed by atoms with Gasteiger partial charge in [0.1, 0.15) is 30.5 Å². The normalized spacial score (nSPS) is 19.6. The van der Waals surface area contributed by atoms with E-state index in [9.17, 15) is 33.1 Å². The summed E-state index contributed by atoms with van der Waals surface area (Å²) >= 11 is 0. The van der Waals surface area contributed by atoms with E-state index in [0.29, 0.717) is 13.0 Å². The molecule has 0 spiro atoms. The van der Waals surface area contributed by atoms with Crippen molar-refractivity contribution in [3.05, 3.63) is 134 Å². The van der Waals surface area contributed by atoms with Crippen LogP contribution in [0.15, 0.2) is 134 Å². The van der Waals surface area contributed by atoms with Crippen LogP contribution in [-0.2, 0) is 38.3 Å². The third kappa shape index (κ3) is 44.2. The lowest BCUT2D eigenvalue weighted by atomic mass is 9.99. The van der Waals surface area contributed by atoms with E-state index >= 15 is 0 Å². The monoisotopic (exact) mass is 1080 g/mol. The van der Waals surface area contributed by atoms with E-state index in [0.717, 1.165) is 122 Å². The molecule has 1 heterocycles. The number of aliphatic hydroxyl groups is 3. The van der Waals surface area contributed by atoms with E-state index in [1.807, 2.05) is 0 Å². The highest BCUT2D eigenvalue weighted by atomic mass is 32.3. The number of hydrogen-bond acceptors (Lipinski definition) is 11. The summed E-state index contributed by atoms with van der Waals surface area (Å²) in [6, 6.07) is 0. The van der Waals surface area contributed by atoms with Gasteiger partial charge >= 0.3 is 16.4 Å². The van der Waals surface area contributed by atoms with Crippen LogP contribution in [0, 0.1) is 0 Å². The van der Waals surface area contributed by atoms with Gasteiger partial charge in [-0.25, -0.2) is 4.18 Å². The summed E-state index contributed by atoms with van der Waals surface area (Å²) in [4.78, 5) is 13.0. The maximum absolute atomic E-state index is 13.0. The summed E-state index contributed by atoms with van der Waals surface area (Å²) < 4.78 is 59.4. The molecular weight excluding hydrogens is 981 g/mol. The standard InChI is InChI=1S/C63H102O12S/c1-3-5-7-9-11-13-15-17-19-21-23-25-27-28-29-31-33-35-37-39-41-43-45-47-49-51-53-71-55-57(56-72-63-61(67)62(75-76(68,69)70)60(66)58(54-64)74-63)73-59(65)52-50-48-46-44-42-40-38-36-34-32-30-26-24-22-20-18-16-14-12-10-8-6-4-2/h5-8,11-14,17-20,23-26,28-29,32,34,38,40,57-58,60-64,66-67H,3-4,9-10,15-16,21-22,27,30-31,33,35-37,39,41-56H2,1-2H3,(H,68,69,70)/b7-5-,8-6-,13-11-,14-12-,19-17-,20-18-,25-23-,26-24-,29-28-,34-32-,40-38-. The van der Waals surface area contributed by atoms with E-state index in [4.69, 9.17) is 18.9 Å². The van der Waals surface area contributed by atoms with Crippen molar-refractivity contribution in [2.24, 2.45) is 0 Å². The molecule has 12 nitrogen and oxygen atoms in total. The van der Waals surface area contributed by atoms with Crippen LogP contribution in [0.25, 0.3) is 0 Å². The number of rotatable bonds is 49. The predicted octanol–water partition coefficient (Wildman–Crippen LogP) is 14.6. The second-order valence-corrected chi connectivity index (χ2v) is 20.2. The van der Waals surface area contributed by atoms with Crippen molar-refractivity contribution in [3.8, 4) is 0 Å². The van der Waals surface area contributed by atoms with Gasteiger partial charge in [0.15, 0.2) is 6.29 Å². The molecule has 0 aromatic heterocycles. The van der Waals surface area contributed by atoms with Gasteiger partial charge in [-0.2, -0.15) is 8.42 Å². The number of hydrogen-bond donors (Lipinski definition) is 4. The Bertz CT molecular complexity index is 1820. The summed E-state index contributed by atoms with van der Waals surface area (Å²) in [5, 5.41) is 30.9. The fourth-order valence-corrected chi connectivity index (χ4v) is 8.51. The Morgan fingerprint density at radius 2 is 0.868 bits per heavy atom. The lowest BCUT2D eigenvalue weighted by molar-refractivity contribution is -0.301. The first kappa shape index (κ1) is 70.3. The van der Waals surface area contributed by atoms with Gasteiger partial charge in [-0.3, -0.25) is 9.35 Å². The Labute approximate surface area is 461 Å². The zero-order chi connectivity index (χ0) is 55.3. The molecule has 1 saturated heterocycles. The fraction of sp³-hybridized carbons (Fsp3) is 0.635. The molecule has 432 valence electrons. The van der Waals surface area contributed by atoms with Crippen molar-refractivity contribution >= 4 is 16.4 Å². The molecule has 1 aliphatic rings. The van der Waals surface area contributed by atoms with Gasteiger partial charge in [0.25, 0.3) is 0 Å². The molecule has 13 heteroatoms. The average Bonchev–Trinajstić information content (AvgIpc) is 3.40. The van der Waals surface area contributed by atoms with Gasteiger partial charge < -0.3 is 34.3 Å². The minimum atomic E-state index is -5.08. The maximum Gasteiger partial charge on any atom is 0.397 e. The topological polar surface area (TPSA) is 178 Å². The number of allylic oxidation sites excluding steroid dienone is 22. The van der Waals surface area contributed by atoms with Crippen LogP contribution in [0.5, 0.6) is 0 Å². The molecule has 0 bridgehead atoms. The quantitative estimate of drug-likeness (QED) is 0.0196. The molecule has 1 aliphatic heterocycles.